The molecular formula is C19H27FN2O2. The van der Waals surface area contributed by atoms with Crippen molar-refractivity contribution in [3.05, 3.63) is 35.6 Å². The highest BCUT2D eigenvalue weighted by Crippen LogP contribution is 2.26. The number of hydrogen-bond acceptors (Lipinski definition) is 3. The zero-order valence-electron chi connectivity index (χ0n) is 14.3. The van der Waals surface area contributed by atoms with Crippen LogP contribution in [0, 0.1) is 17.7 Å². The number of halogens is 1. The van der Waals surface area contributed by atoms with Crippen LogP contribution in [0.4, 0.5) is 4.39 Å². The summed E-state index contributed by atoms with van der Waals surface area (Å²) >= 11 is 0. The molecule has 132 valence electrons. The molecule has 0 aromatic heterocycles. The SMILES string of the molecule is CC(CC(=O)N1CCOC(c2ccc(F)cc2)C1)C1CCCNC1. The largest absolute Gasteiger partial charge is 0.370 e. The number of ether oxygens (including phenoxy) is 1. The second kappa shape index (κ2) is 8.08. The molecule has 0 spiro atoms. The molecule has 2 aliphatic heterocycles. The zero-order chi connectivity index (χ0) is 16.9. The maximum Gasteiger partial charge on any atom is 0.223 e. The number of nitrogens with zero attached hydrogens (tertiary/aromatic N) is 1. The van der Waals surface area contributed by atoms with Crippen molar-refractivity contribution in [1.29, 1.82) is 0 Å². The Balaban J connectivity index is 1.55. The summed E-state index contributed by atoms with van der Waals surface area (Å²) in [5, 5.41) is 3.43. The Morgan fingerprint density at radius 2 is 2.21 bits per heavy atom. The molecule has 3 rings (SSSR count). The Kier molecular flexibility index (Phi) is 5.85. The Labute approximate surface area is 143 Å². The van der Waals surface area contributed by atoms with Crippen LogP contribution in [0.2, 0.25) is 0 Å². The first-order chi connectivity index (χ1) is 11.6. The second-order valence-corrected chi connectivity index (χ2v) is 7.04. The van der Waals surface area contributed by atoms with Crippen molar-refractivity contribution in [1.82, 2.24) is 10.2 Å². The molecule has 0 saturated carbocycles. The lowest BCUT2D eigenvalue weighted by Gasteiger charge is -2.35. The number of carbonyl (C=O) groups is 1. The van der Waals surface area contributed by atoms with E-state index in [4.69, 9.17) is 4.74 Å². The van der Waals surface area contributed by atoms with Gasteiger partial charge in [0.1, 0.15) is 11.9 Å². The van der Waals surface area contributed by atoms with Crippen LogP contribution in [0.1, 0.15) is 37.9 Å². The number of hydrogen-bond donors (Lipinski definition) is 1. The number of amides is 1. The summed E-state index contributed by atoms with van der Waals surface area (Å²) in [6.07, 6.45) is 2.86. The second-order valence-electron chi connectivity index (χ2n) is 7.04. The van der Waals surface area contributed by atoms with Crippen molar-refractivity contribution in [2.24, 2.45) is 11.8 Å². The quantitative estimate of drug-likeness (QED) is 0.920. The topological polar surface area (TPSA) is 41.6 Å². The van der Waals surface area contributed by atoms with Crippen LogP contribution in [-0.4, -0.2) is 43.6 Å². The van der Waals surface area contributed by atoms with E-state index in [1.165, 1.54) is 25.0 Å². The summed E-state index contributed by atoms with van der Waals surface area (Å²) < 4.78 is 18.8. The molecule has 2 saturated heterocycles. The van der Waals surface area contributed by atoms with Crippen molar-refractivity contribution >= 4 is 5.91 Å². The summed E-state index contributed by atoms with van der Waals surface area (Å²) in [5.41, 5.74) is 0.929. The monoisotopic (exact) mass is 334 g/mol. The molecule has 1 aromatic rings. The molecule has 1 aromatic carbocycles. The standard InChI is InChI=1S/C19H27FN2O2/c1-14(16-3-2-8-21-12-16)11-19(23)22-9-10-24-18(13-22)15-4-6-17(20)7-5-15/h4-7,14,16,18,21H,2-3,8-13H2,1H3. The third kappa shape index (κ3) is 4.33. The molecule has 3 atom stereocenters. The fourth-order valence-electron chi connectivity index (χ4n) is 3.69. The molecule has 3 unspecified atom stereocenters. The van der Waals surface area contributed by atoms with Crippen LogP contribution in [0.15, 0.2) is 24.3 Å². The van der Waals surface area contributed by atoms with E-state index < -0.39 is 0 Å². The molecule has 24 heavy (non-hydrogen) atoms. The third-order valence-electron chi connectivity index (χ3n) is 5.30. The third-order valence-corrected chi connectivity index (χ3v) is 5.30. The van der Waals surface area contributed by atoms with Gasteiger partial charge in [0.2, 0.25) is 5.91 Å². The Hall–Kier alpha value is -1.46. The minimum atomic E-state index is -0.252. The number of carbonyl (C=O) groups excluding carboxylic acids is 1. The number of piperidine rings is 1. The van der Waals surface area contributed by atoms with Gasteiger partial charge in [0, 0.05) is 13.0 Å². The van der Waals surface area contributed by atoms with E-state index in [0.29, 0.717) is 38.0 Å². The van der Waals surface area contributed by atoms with E-state index in [2.05, 4.69) is 12.2 Å². The summed E-state index contributed by atoms with van der Waals surface area (Å²) in [6, 6.07) is 6.36. The maximum absolute atomic E-state index is 13.1. The van der Waals surface area contributed by atoms with E-state index in [-0.39, 0.29) is 17.8 Å². The van der Waals surface area contributed by atoms with E-state index >= 15 is 0 Å². The van der Waals surface area contributed by atoms with Gasteiger partial charge in [-0.3, -0.25) is 4.79 Å². The Morgan fingerprint density at radius 3 is 2.92 bits per heavy atom. The lowest BCUT2D eigenvalue weighted by atomic mass is 9.85. The van der Waals surface area contributed by atoms with Crippen molar-refractivity contribution in [2.45, 2.75) is 32.3 Å². The van der Waals surface area contributed by atoms with Crippen LogP contribution < -0.4 is 5.32 Å². The smallest absolute Gasteiger partial charge is 0.223 e. The van der Waals surface area contributed by atoms with Gasteiger partial charge in [-0.05, 0) is 55.5 Å². The van der Waals surface area contributed by atoms with E-state index in [9.17, 15) is 9.18 Å². The Bertz CT molecular complexity index is 543. The molecule has 1 amide bonds. The minimum Gasteiger partial charge on any atom is -0.370 e. The lowest BCUT2D eigenvalue weighted by molar-refractivity contribution is -0.140. The highest BCUT2D eigenvalue weighted by Gasteiger charge is 2.28. The molecule has 2 aliphatic rings. The number of rotatable bonds is 4. The first kappa shape index (κ1) is 17.4. The van der Waals surface area contributed by atoms with Crippen LogP contribution in [-0.2, 0) is 9.53 Å². The normalized spacial score (nSPS) is 26.2. The molecule has 4 nitrogen and oxygen atoms in total. The molecular weight excluding hydrogens is 307 g/mol. The lowest BCUT2D eigenvalue weighted by Crippen LogP contribution is -2.43. The highest BCUT2D eigenvalue weighted by atomic mass is 19.1. The fraction of sp³-hybridized carbons (Fsp3) is 0.632. The molecule has 0 aliphatic carbocycles. The van der Waals surface area contributed by atoms with Gasteiger partial charge in [0.25, 0.3) is 0 Å². The van der Waals surface area contributed by atoms with Crippen LogP contribution >= 0.6 is 0 Å². The molecule has 0 radical (unpaired) electrons. The average molecular weight is 334 g/mol. The highest BCUT2D eigenvalue weighted by molar-refractivity contribution is 5.76. The molecule has 2 fully saturated rings. The minimum absolute atomic E-state index is 0.157. The van der Waals surface area contributed by atoms with E-state index in [1.807, 2.05) is 4.90 Å². The number of nitrogens with one attached hydrogen (secondary N) is 1. The summed E-state index contributed by atoms with van der Waals surface area (Å²) in [7, 11) is 0. The first-order valence-corrected chi connectivity index (χ1v) is 8.99. The van der Waals surface area contributed by atoms with Gasteiger partial charge in [0.05, 0.1) is 13.2 Å². The molecule has 5 heteroatoms. The van der Waals surface area contributed by atoms with Crippen molar-refractivity contribution < 1.29 is 13.9 Å². The van der Waals surface area contributed by atoms with Gasteiger partial charge in [0.15, 0.2) is 0 Å². The van der Waals surface area contributed by atoms with Crippen LogP contribution in [0.25, 0.3) is 0 Å². The van der Waals surface area contributed by atoms with Gasteiger partial charge in [-0.2, -0.15) is 0 Å². The van der Waals surface area contributed by atoms with Crippen LogP contribution in [0.3, 0.4) is 0 Å². The number of morpholine rings is 1. The summed E-state index contributed by atoms with van der Waals surface area (Å²) in [6.45, 7) is 6.04. The average Bonchev–Trinajstić information content (AvgIpc) is 2.63. The van der Waals surface area contributed by atoms with Gasteiger partial charge in [-0.25, -0.2) is 4.39 Å². The predicted octanol–water partition coefficient (Wildman–Crippen LogP) is 2.75. The van der Waals surface area contributed by atoms with Gasteiger partial charge in [-0.1, -0.05) is 19.1 Å². The van der Waals surface area contributed by atoms with Crippen molar-refractivity contribution in [2.75, 3.05) is 32.8 Å². The molecule has 2 heterocycles. The first-order valence-electron chi connectivity index (χ1n) is 8.99. The van der Waals surface area contributed by atoms with Gasteiger partial charge in [-0.15, -0.1) is 0 Å². The summed E-state index contributed by atoms with van der Waals surface area (Å²) in [5.74, 6) is 0.954. The van der Waals surface area contributed by atoms with E-state index in [0.717, 1.165) is 18.7 Å². The van der Waals surface area contributed by atoms with Crippen LogP contribution in [0.5, 0.6) is 0 Å². The number of benzene rings is 1. The van der Waals surface area contributed by atoms with Crippen molar-refractivity contribution in [3.8, 4) is 0 Å². The summed E-state index contributed by atoms with van der Waals surface area (Å²) in [4.78, 5) is 14.6. The van der Waals surface area contributed by atoms with Crippen molar-refractivity contribution in [3.63, 3.8) is 0 Å². The predicted molar refractivity (Wildman–Crippen MR) is 91.0 cm³/mol. The fourth-order valence-corrected chi connectivity index (χ4v) is 3.69. The van der Waals surface area contributed by atoms with E-state index in [1.54, 1.807) is 12.1 Å². The van der Waals surface area contributed by atoms with Gasteiger partial charge < -0.3 is 15.0 Å². The molecule has 1 N–H and O–H groups in total. The maximum atomic E-state index is 13.1. The molecule has 0 bridgehead atoms. The Morgan fingerprint density at radius 1 is 1.42 bits per heavy atom. The zero-order valence-corrected chi connectivity index (χ0v) is 14.3. The van der Waals surface area contributed by atoms with Gasteiger partial charge >= 0.3 is 0 Å².